The molecule has 0 N–H and O–H groups in total. The molecule has 1 aliphatic carbocycles. The van der Waals surface area contributed by atoms with E-state index in [0.29, 0.717) is 0 Å². The largest absolute Gasteiger partial charge is 1.00 e. The SMILES string of the molecule is COc1ccc2c(c1)Cc1[c]([Zr+2])cc(OC)c(OC)c1-2.[Cl-].[Cl-]. The molecule has 0 aromatic heterocycles. The van der Waals surface area contributed by atoms with Crippen molar-refractivity contribution in [2.45, 2.75) is 6.42 Å². The van der Waals surface area contributed by atoms with Crippen molar-refractivity contribution >= 4 is 3.27 Å². The van der Waals surface area contributed by atoms with Crippen LogP contribution in [0.5, 0.6) is 17.2 Å². The molecule has 0 saturated heterocycles. The van der Waals surface area contributed by atoms with Gasteiger partial charge in [0.05, 0.1) is 0 Å². The van der Waals surface area contributed by atoms with E-state index >= 15 is 0 Å². The Labute approximate surface area is 158 Å². The Morgan fingerprint density at radius 1 is 0.955 bits per heavy atom. The van der Waals surface area contributed by atoms with Crippen LogP contribution in [-0.2, 0) is 31.1 Å². The molecule has 0 radical (unpaired) electrons. The van der Waals surface area contributed by atoms with Gasteiger partial charge in [-0.15, -0.1) is 0 Å². The van der Waals surface area contributed by atoms with Crippen LogP contribution in [0.2, 0.25) is 0 Å². The van der Waals surface area contributed by atoms with Crippen LogP contribution < -0.4 is 42.3 Å². The van der Waals surface area contributed by atoms with Gasteiger partial charge in [-0.1, -0.05) is 0 Å². The molecule has 0 spiro atoms. The van der Waals surface area contributed by atoms with Crippen LogP contribution >= 0.6 is 0 Å². The monoisotopic (exact) mass is 415 g/mol. The molecule has 3 rings (SSSR count). The number of benzene rings is 2. The van der Waals surface area contributed by atoms with Crippen LogP contribution in [-0.4, -0.2) is 21.3 Å². The van der Waals surface area contributed by atoms with E-state index < -0.39 is 0 Å². The second-order valence-corrected chi connectivity index (χ2v) is 6.04. The molecule has 0 heterocycles. The van der Waals surface area contributed by atoms with Crippen LogP contribution in [0.1, 0.15) is 11.1 Å². The summed E-state index contributed by atoms with van der Waals surface area (Å²) in [6.45, 7) is 0. The smallest absolute Gasteiger partial charge is 1.00 e. The minimum atomic E-state index is 0. The molecule has 6 heteroatoms. The quantitative estimate of drug-likeness (QED) is 0.442. The third kappa shape index (κ3) is 3.02. The summed E-state index contributed by atoms with van der Waals surface area (Å²) in [4.78, 5) is 0. The maximum atomic E-state index is 5.60. The predicted octanol–water partition coefficient (Wildman–Crippen LogP) is -3.54. The van der Waals surface area contributed by atoms with E-state index in [9.17, 15) is 0 Å². The molecular weight excluding hydrogens is 402 g/mol. The minimum Gasteiger partial charge on any atom is -1.00 e. The number of fused-ring (bicyclic) bond motifs is 3. The fourth-order valence-electron chi connectivity index (χ4n) is 2.78. The van der Waals surface area contributed by atoms with Gasteiger partial charge < -0.3 is 24.8 Å². The van der Waals surface area contributed by atoms with Crippen molar-refractivity contribution in [3.8, 4) is 28.4 Å². The molecule has 0 unspecified atom stereocenters. The first-order chi connectivity index (χ1) is 9.69. The second-order valence-electron chi connectivity index (χ2n) is 4.71. The first-order valence-electron chi connectivity index (χ1n) is 6.36. The van der Waals surface area contributed by atoms with E-state index in [-0.39, 0.29) is 24.8 Å². The van der Waals surface area contributed by atoms with Gasteiger partial charge in [0.25, 0.3) is 0 Å². The predicted molar refractivity (Wildman–Crippen MR) is 74.0 cm³/mol. The summed E-state index contributed by atoms with van der Waals surface area (Å²) >= 11 is 1.39. The summed E-state index contributed by atoms with van der Waals surface area (Å²) < 4.78 is 17.7. The molecule has 3 nitrogen and oxygen atoms in total. The first-order valence-corrected chi connectivity index (χ1v) is 7.59. The van der Waals surface area contributed by atoms with Gasteiger partial charge in [-0.25, -0.2) is 0 Å². The van der Waals surface area contributed by atoms with Gasteiger partial charge in [-0.05, 0) is 0 Å². The van der Waals surface area contributed by atoms with E-state index in [1.165, 1.54) is 50.2 Å². The van der Waals surface area contributed by atoms with Crippen molar-refractivity contribution in [1.29, 1.82) is 0 Å². The molecule has 2 aromatic rings. The first kappa shape index (κ1) is 19.4. The third-order valence-corrected chi connectivity index (χ3v) is 4.82. The molecule has 0 atom stereocenters. The van der Waals surface area contributed by atoms with Gasteiger partial charge >= 0.3 is 134 Å². The Balaban J connectivity index is 0.00000121. The molecule has 2 aromatic carbocycles. The number of hydrogen-bond acceptors (Lipinski definition) is 3. The number of rotatable bonds is 3. The van der Waals surface area contributed by atoms with E-state index in [2.05, 4.69) is 18.2 Å². The third-order valence-electron chi connectivity index (χ3n) is 3.73. The fraction of sp³-hybridized carbons (Fsp3) is 0.250. The Bertz CT molecular complexity index is 690. The maximum Gasteiger partial charge on any atom is -1.00 e. The Morgan fingerprint density at radius 2 is 1.68 bits per heavy atom. The zero-order valence-electron chi connectivity index (χ0n) is 12.5. The van der Waals surface area contributed by atoms with E-state index in [0.717, 1.165) is 23.7 Å². The Kier molecular flexibility index (Phi) is 6.79. The van der Waals surface area contributed by atoms with Gasteiger partial charge in [0.1, 0.15) is 0 Å². The molecule has 0 fully saturated rings. The molecule has 1 aliphatic rings. The molecule has 0 bridgehead atoms. The van der Waals surface area contributed by atoms with E-state index in [1.807, 2.05) is 6.07 Å². The number of methoxy groups -OCH3 is 3. The van der Waals surface area contributed by atoms with E-state index in [1.54, 1.807) is 21.3 Å². The van der Waals surface area contributed by atoms with Crippen molar-refractivity contribution in [2.75, 3.05) is 21.3 Å². The average Bonchev–Trinajstić information content (AvgIpc) is 2.86. The number of hydrogen-bond donors (Lipinski definition) is 0. The van der Waals surface area contributed by atoms with Crippen LogP contribution in [0.25, 0.3) is 11.1 Å². The van der Waals surface area contributed by atoms with Crippen LogP contribution in [0, 0.1) is 0 Å². The van der Waals surface area contributed by atoms with Crippen molar-refractivity contribution < 1.29 is 63.7 Å². The van der Waals surface area contributed by atoms with Gasteiger partial charge in [0.15, 0.2) is 0 Å². The molecule has 0 aliphatic heterocycles. The second kappa shape index (κ2) is 7.72. The average molecular weight is 417 g/mol. The van der Waals surface area contributed by atoms with Crippen LogP contribution in [0.15, 0.2) is 24.3 Å². The molecular formula is C16H15Cl2O3Zr. The van der Waals surface area contributed by atoms with Gasteiger partial charge in [-0.2, -0.15) is 0 Å². The number of ether oxygens (including phenoxy) is 3. The van der Waals surface area contributed by atoms with Crippen molar-refractivity contribution in [3.63, 3.8) is 0 Å². The Morgan fingerprint density at radius 3 is 2.27 bits per heavy atom. The summed E-state index contributed by atoms with van der Waals surface area (Å²) in [6.07, 6.45) is 0.933. The van der Waals surface area contributed by atoms with Crippen molar-refractivity contribution in [1.82, 2.24) is 0 Å². The van der Waals surface area contributed by atoms with Crippen molar-refractivity contribution in [3.05, 3.63) is 35.4 Å². The van der Waals surface area contributed by atoms with Gasteiger partial charge in [0, 0.05) is 0 Å². The van der Waals surface area contributed by atoms with Crippen LogP contribution in [0.4, 0.5) is 0 Å². The zero-order chi connectivity index (χ0) is 14.3. The molecule has 0 amide bonds. The maximum absolute atomic E-state index is 5.60. The summed E-state index contributed by atoms with van der Waals surface area (Å²) in [5.74, 6) is 2.53. The topological polar surface area (TPSA) is 27.7 Å². The van der Waals surface area contributed by atoms with Gasteiger partial charge in [0.2, 0.25) is 0 Å². The van der Waals surface area contributed by atoms with Crippen LogP contribution in [0.3, 0.4) is 0 Å². The zero-order valence-corrected chi connectivity index (χ0v) is 16.5. The normalized spacial score (nSPS) is 10.8. The summed E-state index contributed by atoms with van der Waals surface area (Å²) in [7, 11) is 5.08. The number of halogens is 2. The standard InChI is InChI=1S/C16H15O3.2ClH.Zr/c1-17-12-5-6-13-11(9-12)8-10-4-7-14(18-2)16(19-3)15(10)13;;;/h5-7,9H,8H2,1-3H3;2*1H;/q;;;+2/p-2. The fourth-order valence-corrected chi connectivity index (χ4v) is 3.63. The van der Waals surface area contributed by atoms with E-state index in [4.69, 9.17) is 14.2 Å². The van der Waals surface area contributed by atoms with Crippen molar-refractivity contribution in [2.24, 2.45) is 0 Å². The minimum absolute atomic E-state index is 0. The molecule has 22 heavy (non-hydrogen) atoms. The summed E-state index contributed by atoms with van der Waals surface area (Å²) in [5, 5.41) is 0. The Hall–Kier alpha value is -0.697. The molecule has 115 valence electrons. The van der Waals surface area contributed by atoms with Gasteiger partial charge in [-0.3, -0.25) is 0 Å². The summed E-state index contributed by atoms with van der Waals surface area (Å²) in [5.41, 5.74) is 5.04. The molecule has 0 saturated carbocycles. The summed E-state index contributed by atoms with van der Waals surface area (Å²) in [6, 6.07) is 8.29.